The molecule has 0 aromatic carbocycles. The number of allylic oxidation sites excluding steroid dienone is 4. The van der Waals surface area contributed by atoms with Gasteiger partial charge < -0.3 is 0 Å². The zero-order valence-electron chi connectivity index (χ0n) is 8.54. The van der Waals surface area contributed by atoms with E-state index in [0.29, 0.717) is 0 Å². The van der Waals surface area contributed by atoms with Crippen LogP contribution in [0.2, 0.25) is 0 Å². The summed E-state index contributed by atoms with van der Waals surface area (Å²) in [5.41, 5.74) is 0. The van der Waals surface area contributed by atoms with Crippen molar-refractivity contribution in [3.63, 3.8) is 0 Å². The average molecular weight is 180 g/mol. The summed E-state index contributed by atoms with van der Waals surface area (Å²) < 4.78 is 0. The second-order valence-electron chi connectivity index (χ2n) is 3.11. The first-order chi connectivity index (χ1) is 6.41. The van der Waals surface area contributed by atoms with E-state index in [1.807, 2.05) is 6.08 Å². The van der Waals surface area contributed by atoms with Crippen LogP contribution in [0.15, 0.2) is 24.3 Å². The Kier molecular flexibility index (Phi) is 10.4. The Bertz CT molecular complexity index is 157. The summed E-state index contributed by atoms with van der Waals surface area (Å²) in [5.74, 6) is 0. The molecule has 1 heteroatoms. The third-order valence-corrected chi connectivity index (χ3v) is 1.85. The number of aldehydes is 1. The zero-order valence-corrected chi connectivity index (χ0v) is 8.54. The van der Waals surface area contributed by atoms with Crippen LogP contribution in [0.25, 0.3) is 0 Å². The highest BCUT2D eigenvalue weighted by molar-refractivity contribution is 5.64. The lowest BCUT2D eigenvalue weighted by Crippen LogP contribution is -1.71. The molecule has 13 heavy (non-hydrogen) atoms. The predicted molar refractivity (Wildman–Crippen MR) is 57.7 cm³/mol. The molecule has 0 spiro atoms. The van der Waals surface area contributed by atoms with Crippen LogP contribution in [0.3, 0.4) is 0 Å². The molecular formula is C12H20O. The third kappa shape index (κ3) is 11.1. The molecule has 0 rings (SSSR count). The van der Waals surface area contributed by atoms with Crippen LogP contribution in [-0.2, 0) is 4.79 Å². The largest absolute Gasteiger partial charge is 0.299 e. The van der Waals surface area contributed by atoms with Gasteiger partial charge in [0.2, 0.25) is 0 Å². The van der Waals surface area contributed by atoms with Gasteiger partial charge in [-0.1, -0.05) is 38.0 Å². The standard InChI is InChI=1S/C12H20O/c1-2-3-4-5-6-7-8-9-10-11-12-13/h5-6,10-12H,2-4,7-9H2,1H3. The van der Waals surface area contributed by atoms with Gasteiger partial charge in [-0.2, -0.15) is 0 Å². The summed E-state index contributed by atoms with van der Waals surface area (Å²) in [5, 5.41) is 0. The van der Waals surface area contributed by atoms with Crippen LogP contribution in [-0.4, -0.2) is 6.29 Å². The average Bonchev–Trinajstić information content (AvgIpc) is 2.16. The maximum atomic E-state index is 9.91. The molecule has 0 aliphatic carbocycles. The molecule has 0 fully saturated rings. The molecule has 0 saturated carbocycles. The normalized spacial score (nSPS) is 11.5. The van der Waals surface area contributed by atoms with E-state index < -0.39 is 0 Å². The van der Waals surface area contributed by atoms with E-state index in [2.05, 4.69) is 19.1 Å². The zero-order chi connectivity index (χ0) is 9.78. The highest BCUT2D eigenvalue weighted by Gasteiger charge is 1.81. The highest BCUT2D eigenvalue weighted by atomic mass is 16.1. The van der Waals surface area contributed by atoms with Crippen molar-refractivity contribution in [2.45, 2.75) is 45.4 Å². The van der Waals surface area contributed by atoms with Gasteiger partial charge in [-0.25, -0.2) is 0 Å². The Labute approximate surface area is 81.5 Å². The van der Waals surface area contributed by atoms with E-state index >= 15 is 0 Å². The predicted octanol–water partition coefficient (Wildman–Crippen LogP) is 3.66. The number of unbranched alkanes of at least 4 members (excludes halogenated alkanes) is 4. The fourth-order valence-corrected chi connectivity index (χ4v) is 1.06. The van der Waals surface area contributed by atoms with Crippen LogP contribution in [0.1, 0.15) is 45.4 Å². The second-order valence-corrected chi connectivity index (χ2v) is 3.11. The molecule has 0 N–H and O–H groups in total. The molecule has 0 radical (unpaired) electrons. The molecule has 0 aliphatic rings. The second kappa shape index (κ2) is 11.2. The fraction of sp³-hybridized carbons (Fsp3) is 0.583. The van der Waals surface area contributed by atoms with E-state index in [0.717, 1.165) is 25.5 Å². The quantitative estimate of drug-likeness (QED) is 0.241. The van der Waals surface area contributed by atoms with Gasteiger partial charge in [0.1, 0.15) is 6.29 Å². The molecule has 0 unspecified atom stereocenters. The molecule has 74 valence electrons. The molecule has 0 heterocycles. The van der Waals surface area contributed by atoms with Gasteiger partial charge in [-0.05, 0) is 31.8 Å². The molecule has 0 amide bonds. The van der Waals surface area contributed by atoms with Crippen molar-refractivity contribution >= 4 is 6.29 Å². The molecular weight excluding hydrogens is 160 g/mol. The van der Waals surface area contributed by atoms with Gasteiger partial charge in [-0.3, -0.25) is 4.79 Å². The fourth-order valence-electron chi connectivity index (χ4n) is 1.06. The number of carbonyl (C=O) groups is 1. The summed E-state index contributed by atoms with van der Waals surface area (Å²) in [7, 11) is 0. The van der Waals surface area contributed by atoms with E-state index in [1.54, 1.807) is 6.08 Å². The summed E-state index contributed by atoms with van der Waals surface area (Å²) >= 11 is 0. The maximum Gasteiger partial charge on any atom is 0.142 e. The van der Waals surface area contributed by atoms with Crippen LogP contribution < -0.4 is 0 Å². The first-order valence-electron chi connectivity index (χ1n) is 5.17. The lowest BCUT2D eigenvalue weighted by atomic mass is 10.2. The number of carbonyl (C=O) groups excluding carboxylic acids is 1. The molecule has 0 aromatic heterocycles. The van der Waals surface area contributed by atoms with Gasteiger partial charge in [0, 0.05) is 0 Å². The van der Waals surface area contributed by atoms with E-state index in [4.69, 9.17) is 0 Å². The lowest BCUT2D eigenvalue weighted by Gasteiger charge is -1.90. The van der Waals surface area contributed by atoms with Gasteiger partial charge in [0.15, 0.2) is 0 Å². The van der Waals surface area contributed by atoms with E-state index in [-0.39, 0.29) is 0 Å². The van der Waals surface area contributed by atoms with Crippen LogP contribution in [0, 0.1) is 0 Å². The number of hydrogen-bond donors (Lipinski definition) is 0. The van der Waals surface area contributed by atoms with Crippen molar-refractivity contribution < 1.29 is 4.79 Å². The molecule has 0 aromatic rings. The Hall–Kier alpha value is -0.850. The van der Waals surface area contributed by atoms with Gasteiger partial charge in [0.05, 0.1) is 0 Å². The van der Waals surface area contributed by atoms with Crippen LogP contribution in [0.4, 0.5) is 0 Å². The molecule has 0 bridgehead atoms. The Morgan fingerprint density at radius 3 is 2.15 bits per heavy atom. The summed E-state index contributed by atoms with van der Waals surface area (Å²) in [6.45, 7) is 2.21. The van der Waals surface area contributed by atoms with Crippen molar-refractivity contribution in [3.8, 4) is 0 Å². The smallest absolute Gasteiger partial charge is 0.142 e. The summed E-state index contributed by atoms with van der Waals surface area (Å²) in [6, 6.07) is 0. The minimum atomic E-state index is 0.830. The number of rotatable bonds is 8. The molecule has 0 aliphatic heterocycles. The van der Waals surface area contributed by atoms with Crippen molar-refractivity contribution in [1.82, 2.24) is 0 Å². The molecule has 1 nitrogen and oxygen atoms in total. The topological polar surface area (TPSA) is 17.1 Å². The summed E-state index contributed by atoms with van der Waals surface area (Å²) in [6.07, 6.45) is 15.9. The van der Waals surface area contributed by atoms with Gasteiger partial charge in [-0.15, -0.1) is 0 Å². The Morgan fingerprint density at radius 2 is 1.54 bits per heavy atom. The van der Waals surface area contributed by atoms with Crippen molar-refractivity contribution in [3.05, 3.63) is 24.3 Å². The molecule has 0 saturated heterocycles. The minimum Gasteiger partial charge on any atom is -0.299 e. The lowest BCUT2D eigenvalue weighted by molar-refractivity contribution is -0.104. The van der Waals surface area contributed by atoms with Crippen molar-refractivity contribution in [1.29, 1.82) is 0 Å². The number of hydrogen-bond acceptors (Lipinski definition) is 1. The first-order valence-corrected chi connectivity index (χ1v) is 5.17. The SMILES string of the molecule is CCCCC=CCCCC=CC=O. The molecule has 0 atom stereocenters. The Balaban J connectivity index is 3.10. The highest BCUT2D eigenvalue weighted by Crippen LogP contribution is 2.00. The van der Waals surface area contributed by atoms with Crippen LogP contribution >= 0.6 is 0 Å². The maximum absolute atomic E-state index is 9.91. The van der Waals surface area contributed by atoms with Crippen molar-refractivity contribution in [2.75, 3.05) is 0 Å². The monoisotopic (exact) mass is 180 g/mol. The Morgan fingerprint density at radius 1 is 0.923 bits per heavy atom. The minimum absolute atomic E-state index is 0.830. The van der Waals surface area contributed by atoms with Gasteiger partial charge in [0.25, 0.3) is 0 Å². The van der Waals surface area contributed by atoms with E-state index in [1.165, 1.54) is 19.3 Å². The third-order valence-electron chi connectivity index (χ3n) is 1.85. The van der Waals surface area contributed by atoms with Gasteiger partial charge >= 0.3 is 0 Å². The van der Waals surface area contributed by atoms with E-state index in [9.17, 15) is 4.79 Å². The summed E-state index contributed by atoms with van der Waals surface area (Å²) in [4.78, 5) is 9.91. The van der Waals surface area contributed by atoms with Crippen LogP contribution in [0.5, 0.6) is 0 Å². The van der Waals surface area contributed by atoms with Crippen molar-refractivity contribution in [2.24, 2.45) is 0 Å². The first kappa shape index (κ1) is 12.2.